The molecule has 1 fully saturated rings. The molecule has 2 aliphatic heterocycles. The zero-order valence-corrected chi connectivity index (χ0v) is 15.6. The molecule has 138 valence electrons. The van der Waals surface area contributed by atoms with Crippen LogP contribution in [0.4, 0.5) is 4.79 Å². The first kappa shape index (κ1) is 18.0. The lowest BCUT2D eigenvalue weighted by Gasteiger charge is -2.37. The molecule has 0 saturated carbocycles. The molecule has 1 aromatic carbocycles. The molecule has 0 unspecified atom stereocenters. The van der Waals surface area contributed by atoms with Gasteiger partial charge in [0.05, 0.1) is 19.3 Å². The summed E-state index contributed by atoms with van der Waals surface area (Å²) >= 11 is 0. The molecule has 25 heavy (non-hydrogen) atoms. The van der Waals surface area contributed by atoms with Gasteiger partial charge in [0.25, 0.3) is 0 Å². The highest BCUT2D eigenvalue weighted by Gasteiger charge is 2.28. The number of urea groups is 1. The van der Waals surface area contributed by atoms with Crippen molar-refractivity contribution < 1.29 is 14.3 Å². The number of morpholine rings is 1. The van der Waals surface area contributed by atoms with Crippen molar-refractivity contribution in [2.24, 2.45) is 0 Å². The molecule has 6 nitrogen and oxygen atoms in total. The Morgan fingerprint density at radius 1 is 1.36 bits per heavy atom. The van der Waals surface area contributed by atoms with Crippen molar-refractivity contribution in [1.82, 2.24) is 15.5 Å². The summed E-state index contributed by atoms with van der Waals surface area (Å²) < 4.78 is 11.3. The Balaban J connectivity index is 1.52. The molecule has 6 heteroatoms. The van der Waals surface area contributed by atoms with Gasteiger partial charge in [-0.1, -0.05) is 12.1 Å². The van der Waals surface area contributed by atoms with Crippen LogP contribution in [0.25, 0.3) is 0 Å². The third kappa shape index (κ3) is 3.90. The zero-order valence-electron chi connectivity index (χ0n) is 15.6. The fourth-order valence-electron chi connectivity index (χ4n) is 3.61. The summed E-state index contributed by atoms with van der Waals surface area (Å²) in [5, 5.41) is 6.03. The molecule has 2 amide bonds. The number of hydrogen-bond acceptors (Lipinski definition) is 4. The molecular formula is C19H29N3O3. The predicted molar refractivity (Wildman–Crippen MR) is 97.1 cm³/mol. The van der Waals surface area contributed by atoms with Gasteiger partial charge in [-0.05, 0) is 38.8 Å². The Bertz CT molecular complexity index is 635. The Morgan fingerprint density at radius 3 is 2.92 bits per heavy atom. The van der Waals surface area contributed by atoms with Gasteiger partial charge in [-0.15, -0.1) is 0 Å². The van der Waals surface area contributed by atoms with Crippen LogP contribution in [-0.4, -0.2) is 55.9 Å². The van der Waals surface area contributed by atoms with Gasteiger partial charge in [-0.3, -0.25) is 4.90 Å². The van der Waals surface area contributed by atoms with E-state index in [2.05, 4.69) is 49.3 Å². The number of carbonyl (C=O) groups is 1. The van der Waals surface area contributed by atoms with Gasteiger partial charge in [-0.25, -0.2) is 4.79 Å². The second-order valence-corrected chi connectivity index (χ2v) is 7.15. The van der Waals surface area contributed by atoms with Crippen molar-refractivity contribution in [2.45, 2.75) is 45.8 Å². The maximum atomic E-state index is 12.3. The lowest BCUT2D eigenvalue weighted by Crippen LogP contribution is -2.53. The van der Waals surface area contributed by atoms with Crippen LogP contribution < -0.4 is 15.4 Å². The van der Waals surface area contributed by atoms with E-state index in [0.717, 1.165) is 36.6 Å². The first-order valence-corrected chi connectivity index (χ1v) is 9.08. The summed E-state index contributed by atoms with van der Waals surface area (Å²) in [7, 11) is 0. The highest BCUT2D eigenvalue weighted by atomic mass is 16.5. The normalized spacial score (nSPS) is 24.3. The van der Waals surface area contributed by atoms with Crippen LogP contribution >= 0.6 is 0 Å². The molecule has 3 rings (SSSR count). The quantitative estimate of drug-likeness (QED) is 0.876. The summed E-state index contributed by atoms with van der Waals surface area (Å²) in [6, 6.07) is 4.56. The lowest BCUT2D eigenvalue weighted by atomic mass is 10.0. The van der Waals surface area contributed by atoms with Crippen molar-refractivity contribution in [3.63, 3.8) is 0 Å². The number of nitrogens with zero attached hydrogens (tertiary/aromatic N) is 1. The molecular weight excluding hydrogens is 318 g/mol. The molecule has 2 aliphatic rings. The number of nitrogens with one attached hydrogen (secondary N) is 2. The minimum absolute atomic E-state index is 0.0908. The van der Waals surface area contributed by atoms with Crippen LogP contribution in [0.1, 0.15) is 36.6 Å². The van der Waals surface area contributed by atoms with E-state index in [1.54, 1.807) is 0 Å². The summed E-state index contributed by atoms with van der Waals surface area (Å²) in [4.78, 5) is 14.7. The Kier molecular flexibility index (Phi) is 5.49. The lowest BCUT2D eigenvalue weighted by molar-refractivity contribution is -0.0176. The van der Waals surface area contributed by atoms with Gasteiger partial charge >= 0.3 is 6.03 Å². The molecule has 0 aliphatic carbocycles. The third-order valence-electron chi connectivity index (χ3n) is 5.33. The van der Waals surface area contributed by atoms with Crippen molar-refractivity contribution in [1.29, 1.82) is 0 Å². The molecule has 3 atom stereocenters. The van der Waals surface area contributed by atoms with Gasteiger partial charge in [0.1, 0.15) is 12.4 Å². The number of rotatable bonds is 4. The van der Waals surface area contributed by atoms with E-state index in [0.29, 0.717) is 19.2 Å². The van der Waals surface area contributed by atoms with Gasteiger partial charge < -0.3 is 20.1 Å². The van der Waals surface area contributed by atoms with Crippen molar-refractivity contribution in [2.75, 3.05) is 32.9 Å². The van der Waals surface area contributed by atoms with E-state index in [-0.39, 0.29) is 18.1 Å². The fraction of sp³-hybridized carbons (Fsp3) is 0.632. The molecule has 2 heterocycles. The van der Waals surface area contributed by atoms with E-state index >= 15 is 0 Å². The first-order chi connectivity index (χ1) is 12.0. The summed E-state index contributed by atoms with van der Waals surface area (Å²) in [5.41, 5.74) is 3.42. The van der Waals surface area contributed by atoms with Crippen LogP contribution in [0.2, 0.25) is 0 Å². The van der Waals surface area contributed by atoms with E-state index in [1.807, 2.05) is 6.07 Å². The van der Waals surface area contributed by atoms with Crippen LogP contribution in [0.5, 0.6) is 5.75 Å². The van der Waals surface area contributed by atoms with Crippen molar-refractivity contribution in [3.05, 3.63) is 28.8 Å². The summed E-state index contributed by atoms with van der Waals surface area (Å²) in [6.07, 6.45) is 0. The van der Waals surface area contributed by atoms with E-state index in [1.165, 1.54) is 5.56 Å². The van der Waals surface area contributed by atoms with Crippen LogP contribution in [0.15, 0.2) is 12.1 Å². The summed E-state index contributed by atoms with van der Waals surface area (Å²) in [5.74, 6) is 0.917. The number of hydrogen-bond donors (Lipinski definition) is 2. The SMILES string of the molecule is Cc1ccc2c(c1C)OC[C@@H]2NC(=O)NC[C@H](C)N1CCOC[C@@H]1C. The smallest absolute Gasteiger partial charge is 0.315 e. The monoisotopic (exact) mass is 347 g/mol. The molecule has 2 N–H and O–H groups in total. The average Bonchev–Trinajstić information content (AvgIpc) is 3.00. The largest absolute Gasteiger partial charge is 0.490 e. The minimum atomic E-state index is -0.146. The second kappa shape index (κ2) is 7.62. The maximum Gasteiger partial charge on any atom is 0.315 e. The molecule has 0 spiro atoms. The van der Waals surface area contributed by atoms with Crippen LogP contribution in [0, 0.1) is 13.8 Å². The number of carbonyl (C=O) groups excluding carboxylic acids is 1. The molecule has 0 bridgehead atoms. The van der Waals surface area contributed by atoms with Crippen LogP contribution in [0.3, 0.4) is 0 Å². The Labute approximate surface area is 149 Å². The Morgan fingerprint density at radius 2 is 2.16 bits per heavy atom. The number of ether oxygens (including phenoxy) is 2. The first-order valence-electron chi connectivity index (χ1n) is 9.08. The molecule has 1 aromatic rings. The third-order valence-corrected chi connectivity index (χ3v) is 5.33. The van der Waals surface area contributed by atoms with E-state index in [9.17, 15) is 4.79 Å². The zero-order chi connectivity index (χ0) is 18.0. The minimum Gasteiger partial charge on any atom is -0.490 e. The number of amides is 2. The van der Waals surface area contributed by atoms with Crippen molar-refractivity contribution >= 4 is 6.03 Å². The number of aryl methyl sites for hydroxylation is 1. The summed E-state index contributed by atoms with van der Waals surface area (Å²) in [6.45, 7) is 12.0. The van der Waals surface area contributed by atoms with Gasteiger partial charge in [0, 0.05) is 30.7 Å². The van der Waals surface area contributed by atoms with Gasteiger partial charge in [-0.2, -0.15) is 0 Å². The van der Waals surface area contributed by atoms with E-state index in [4.69, 9.17) is 9.47 Å². The van der Waals surface area contributed by atoms with Crippen molar-refractivity contribution in [3.8, 4) is 5.75 Å². The van der Waals surface area contributed by atoms with Gasteiger partial charge in [0.2, 0.25) is 0 Å². The fourth-order valence-corrected chi connectivity index (χ4v) is 3.61. The maximum absolute atomic E-state index is 12.3. The number of benzene rings is 1. The highest BCUT2D eigenvalue weighted by Crippen LogP contribution is 2.36. The molecule has 0 radical (unpaired) electrons. The van der Waals surface area contributed by atoms with E-state index < -0.39 is 0 Å². The standard InChI is InChI=1S/C19H29N3O3/c1-12-5-6-16-17(11-25-18(16)15(12)4)21-19(23)20-9-13(2)22-7-8-24-10-14(22)3/h5-6,13-14,17H,7-11H2,1-4H3,(H2,20,21,23)/t13-,14-,17-/m0/s1. The van der Waals surface area contributed by atoms with Crippen LogP contribution in [-0.2, 0) is 4.74 Å². The second-order valence-electron chi connectivity index (χ2n) is 7.15. The Hall–Kier alpha value is -1.79. The highest BCUT2D eigenvalue weighted by molar-refractivity contribution is 5.75. The predicted octanol–water partition coefficient (Wildman–Crippen LogP) is 2.15. The topological polar surface area (TPSA) is 62.8 Å². The number of fused-ring (bicyclic) bond motifs is 1. The molecule has 1 saturated heterocycles. The van der Waals surface area contributed by atoms with Gasteiger partial charge in [0.15, 0.2) is 0 Å². The average molecular weight is 347 g/mol. The molecule has 0 aromatic heterocycles.